The number of primary sulfonamides is 1. The highest BCUT2D eigenvalue weighted by atomic mass is 32.2. The zero-order valence-electron chi connectivity index (χ0n) is 7.80. The molecule has 82 valence electrons. The van der Waals surface area contributed by atoms with E-state index in [0.29, 0.717) is 11.3 Å². The largest absolute Gasteiger partial charge is 0.376 e. The van der Waals surface area contributed by atoms with Crippen LogP contribution in [0.15, 0.2) is 24.3 Å². The van der Waals surface area contributed by atoms with Crippen LogP contribution < -0.4 is 16.2 Å². The third kappa shape index (κ3) is 4.73. The topological polar surface area (TPSA) is 98.2 Å². The van der Waals surface area contributed by atoms with Crippen LogP contribution in [0.25, 0.3) is 0 Å². The van der Waals surface area contributed by atoms with Gasteiger partial charge in [-0.1, -0.05) is 12.1 Å². The van der Waals surface area contributed by atoms with Crippen molar-refractivity contribution in [2.24, 2.45) is 10.9 Å². The fraction of sp³-hybridized carbons (Fsp3) is 0.125. The summed E-state index contributed by atoms with van der Waals surface area (Å²) in [6, 6.07) is 6.71. The van der Waals surface area contributed by atoms with Gasteiger partial charge in [-0.3, -0.25) is 0 Å². The van der Waals surface area contributed by atoms with Crippen LogP contribution in [0.5, 0.6) is 0 Å². The summed E-state index contributed by atoms with van der Waals surface area (Å²) in [5.41, 5.74) is 6.50. The van der Waals surface area contributed by atoms with Crippen molar-refractivity contribution in [3.63, 3.8) is 0 Å². The van der Waals surface area contributed by atoms with Crippen LogP contribution in [-0.2, 0) is 15.8 Å². The quantitative estimate of drug-likeness (QED) is 0.657. The molecule has 1 aromatic rings. The number of nitrogens with two attached hydrogens (primary N) is 2. The number of anilines is 1. The molecule has 15 heavy (non-hydrogen) atoms. The molecule has 0 bridgehead atoms. The third-order valence-corrected chi connectivity index (χ3v) is 2.40. The minimum Gasteiger partial charge on any atom is -0.376 e. The van der Waals surface area contributed by atoms with Crippen LogP contribution in [0.2, 0.25) is 0 Å². The van der Waals surface area contributed by atoms with Crippen molar-refractivity contribution in [1.82, 2.24) is 0 Å². The molecule has 0 aromatic heterocycles. The predicted octanol–water partition coefficient (Wildman–Crippen LogP) is 0.131. The van der Waals surface area contributed by atoms with Gasteiger partial charge in [0.25, 0.3) is 0 Å². The Hall–Kier alpha value is -1.18. The van der Waals surface area contributed by atoms with E-state index in [-0.39, 0.29) is 10.9 Å². The van der Waals surface area contributed by atoms with Crippen LogP contribution in [-0.4, -0.2) is 13.5 Å². The van der Waals surface area contributed by atoms with E-state index >= 15 is 0 Å². The highest BCUT2D eigenvalue weighted by Crippen LogP contribution is 2.11. The molecule has 0 amide bonds. The first kappa shape index (κ1) is 11.9. The normalized spacial score (nSPS) is 11.0. The summed E-state index contributed by atoms with van der Waals surface area (Å²) < 4.78 is 21.7. The summed E-state index contributed by atoms with van der Waals surface area (Å²) in [5.74, 6) is -0.208. The summed E-state index contributed by atoms with van der Waals surface area (Å²) in [5, 5.41) is 7.75. The van der Waals surface area contributed by atoms with Crippen LogP contribution in [0.4, 0.5) is 5.69 Å². The van der Waals surface area contributed by atoms with Crippen LogP contribution in [0.1, 0.15) is 5.56 Å². The Labute approximate surface area is 93.5 Å². The van der Waals surface area contributed by atoms with E-state index in [1.807, 2.05) is 0 Å². The number of nitrogens with one attached hydrogen (secondary N) is 1. The Morgan fingerprint density at radius 3 is 2.67 bits per heavy atom. The number of hydrogen-bond acceptors (Lipinski definition) is 3. The number of hydrogen-bond donors (Lipinski definition) is 3. The van der Waals surface area contributed by atoms with Crippen molar-refractivity contribution in [1.29, 1.82) is 0 Å². The molecule has 5 nitrogen and oxygen atoms in total. The molecule has 0 aliphatic carbocycles. The monoisotopic (exact) mass is 245 g/mol. The van der Waals surface area contributed by atoms with Crippen molar-refractivity contribution in [3.05, 3.63) is 29.8 Å². The molecular formula is C8H11N3O2S2. The fourth-order valence-corrected chi connectivity index (χ4v) is 1.88. The fourth-order valence-electron chi connectivity index (χ4n) is 1.11. The molecular weight excluding hydrogens is 234 g/mol. The first-order valence-electron chi connectivity index (χ1n) is 4.03. The molecule has 0 heterocycles. The zero-order valence-corrected chi connectivity index (χ0v) is 9.44. The minimum absolute atomic E-state index is 0.128. The van der Waals surface area contributed by atoms with Gasteiger partial charge in [-0.2, -0.15) is 0 Å². The average Bonchev–Trinajstić information content (AvgIpc) is 1.99. The lowest BCUT2D eigenvalue weighted by atomic mass is 10.2. The maximum Gasteiger partial charge on any atom is 0.213 e. The molecule has 1 rings (SSSR count). The molecule has 0 aliphatic heterocycles. The van der Waals surface area contributed by atoms with Crippen LogP contribution in [0.3, 0.4) is 0 Å². The molecule has 0 saturated carbocycles. The molecule has 0 fully saturated rings. The number of sulfonamides is 1. The minimum atomic E-state index is -3.51. The summed E-state index contributed by atoms with van der Waals surface area (Å²) >= 11 is 4.65. The Kier molecular flexibility index (Phi) is 3.61. The lowest BCUT2D eigenvalue weighted by molar-refractivity contribution is 0.597. The van der Waals surface area contributed by atoms with Crippen molar-refractivity contribution >= 4 is 33.0 Å². The third-order valence-electron chi connectivity index (χ3n) is 1.56. The van der Waals surface area contributed by atoms with E-state index in [1.165, 1.54) is 0 Å². The summed E-state index contributed by atoms with van der Waals surface area (Å²) in [6.07, 6.45) is 0. The van der Waals surface area contributed by atoms with Crippen LogP contribution in [0, 0.1) is 0 Å². The van der Waals surface area contributed by atoms with Crippen molar-refractivity contribution in [2.45, 2.75) is 5.75 Å². The highest BCUT2D eigenvalue weighted by Gasteiger charge is 2.05. The van der Waals surface area contributed by atoms with Gasteiger partial charge in [-0.05, 0) is 29.9 Å². The van der Waals surface area contributed by atoms with Gasteiger partial charge in [0.2, 0.25) is 10.0 Å². The highest BCUT2D eigenvalue weighted by molar-refractivity contribution is 7.88. The molecule has 0 unspecified atom stereocenters. The SMILES string of the molecule is NC(=S)Nc1cccc(CS(N)(=O)=O)c1. The van der Waals surface area contributed by atoms with Gasteiger partial charge in [0, 0.05) is 5.69 Å². The summed E-state index contributed by atoms with van der Waals surface area (Å²) in [4.78, 5) is 0. The van der Waals surface area contributed by atoms with Gasteiger partial charge in [0.15, 0.2) is 5.11 Å². The molecule has 0 radical (unpaired) electrons. The lowest BCUT2D eigenvalue weighted by Gasteiger charge is -2.05. The van der Waals surface area contributed by atoms with Gasteiger partial charge < -0.3 is 11.1 Å². The molecule has 0 saturated heterocycles. The van der Waals surface area contributed by atoms with E-state index in [0.717, 1.165) is 0 Å². The predicted molar refractivity (Wildman–Crippen MR) is 63.7 cm³/mol. The number of benzene rings is 1. The molecule has 0 spiro atoms. The molecule has 0 aliphatic rings. The zero-order chi connectivity index (χ0) is 11.5. The van der Waals surface area contributed by atoms with Crippen molar-refractivity contribution < 1.29 is 8.42 Å². The first-order chi connectivity index (χ1) is 6.87. The maximum absolute atomic E-state index is 10.8. The Morgan fingerprint density at radius 2 is 2.13 bits per heavy atom. The Bertz CT molecular complexity index is 471. The lowest BCUT2D eigenvalue weighted by Crippen LogP contribution is -2.19. The smallest absolute Gasteiger partial charge is 0.213 e. The maximum atomic E-state index is 10.8. The van der Waals surface area contributed by atoms with Gasteiger partial charge in [-0.15, -0.1) is 0 Å². The standard InChI is InChI=1S/C8H11N3O2S2/c9-8(14)11-7-3-1-2-6(4-7)5-15(10,12)13/h1-4H,5H2,(H3,9,11,14)(H2,10,12,13). The van der Waals surface area contributed by atoms with E-state index in [2.05, 4.69) is 17.5 Å². The average molecular weight is 245 g/mol. The molecule has 0 atom stereocenters. The van der Waals surface area contributed by atoms with Gasteiger partial charge in [0.05, 0.1) is 5.75 Å². The van der Waals surface area contributed by atoms with E-state index in [1.54, 1.807) is 24.3 Å². The van der Waals surface area contributed by atoms with Crippen molar-refractivity contribution in [3.8, 4) is 0 Å². The van der Waals surface area contributed by atoms with Crippen molar-refractivity contribution in [2.75, 3.05) is 5.32 Å². The summed E-state index contributed by atoms with van der Waals surface area (Å²) in [7, 11) is -3.51. The second-order valence-electron chi connectivity index (χ2n) is 3.00. The number of rotatable bonds is 3. The second kappa shape index (κ2) is 4.56. The first-order valence-corrected chi connectivity index (χ1v) is 6.15. The van der Waals surface area contributed by atoms with E-state index in [9.17, 15) is 8.42 Å². The molecule has 1 aromatic carbocycles. The van der Waals surface area contributed by atoms with E-state index in [4.69, 9.17) is 10.9 Å². The van der Waals surface area contributed by atoms with Gasteiger partial charge in [-0.25, -0.2) is 13.6 Å². The van der Waals surface area contributed by atoms with E-state index < -0.39 is 10.0 Å². The Balaban J connectivity index is 2.88. The second-order valence-corrected chi connectivity index (χ2v) is 5.05. The molecule has 5 N–H and O–H groups in total. The molecule has 7 heteroatoms. The Morgan fingerprint density at radius 1 is 1.47 bits per heavy atom. The summed E-state index contributed by atoms with van der Waals surface area (Å²) in [6.45, 7) is 0. The van der Waals surface area contributed by atoms with Gasteiger partial charge >= 0.3 is 0 Å². The van der Waals surface area contributed by atoms with Gasteiger partial charge in [0.1, 0.15) is 0 Å². The van der Waals surface area contributed by atoms with Crippen LogP contribution >= 0.6 is 12.2 Å². The number of thiocarbonyl (C=S) groups is 1.